The molecule has 4 heteroatoms. The number of methoxy groups -OCH3 is 1. The van der Waals surface area contributed by atoms with Gasteiger partial charge in [0.05, 0.1) is 7.11 Å². The van der Waals surface area contributed by atoms with Crippen molar-refractivity contribution in [2.75, 3.05) is 7.11 Å². The van der Waals surface area contributed by atoms with E-state index in [1.807, 2.05) is 74.5 Å². The van der Waals surface area contributed by atoms with E-state index in [4.69, 9.17) is 9.47 Å². The second-order valence-corrected chi connectivity index (χ2v) is 8.45. The van der Waals surface area contributed by atoms with Crippen LogP contribution in [-0.2, 0) is 13.0 Å². The number of hydrogen-bond donors (Lipinski definition) is 0. The van der Waals surface area contributed by atoms with Gasteiger partial charge in [0, 0.05) is 20.9 Å². The zero-order chi connectivity index (χ0) is 21.5. The zero-order valence-corrected chi connectivity index (χ0v) is 18.4. The van der Waals surface area contributed by atoms with E-state index in [0.717, 1.165) is 49.9 Å². The zero-order valence-electron chi connectivity index (χ0n) is 17.6. The first kappa shape index (κ1) is 21.6. The molecule has 0 unspecified atom stereocenters. The Morgan fingerprint density at radius 1 is 1.07 bits per heavy atom. The van der Waals surface area contributed by atoms with Gasteiger partial charge in [-0.05, 0) is 61.7 Å². The summed E-state index contributed by atoms with van der Waals surface area (Å²) < 4.78 is 11.6. The lowest BCUT2D eigenvalue weighted by Gasteiger charge is -2.13. The monoisotopic (exact) mass is 418 g/mol. The van der Waals surface area contributed by atoms with E-state index in [9.17, 15) is 4.79 Å². The van der Waals surface area contributed by atoms with Crippen LogP contribution in [-0.4, -0.2) is 12.9 Å². The van der Waals surface area contributed by atoms with Gasteiger partial charge in [-0.15, -0.1) is 17.9 Å². The highest BCUT2D eigenvalue weighted by Gasteiger charge is 2.10. The summed E-state index contributed by atoms with van der Waals surface area (Å²) >= 11 is 1.64. The van der Waals surface area contributed by atoms with Crippen molar-refractivity contribution < 1.29 is 14.3 Å². The summed E-state index contributed by atoms with van der Waals surface area (Å²) in [7, 11) is 1.64. The van der Waals surface area contributed by atoms with Crippen molar-refractivity contribution >= 4 is 23.2 Å². The fourth-order valence-corrected chi connectivity index (χ4v) is 4.21. The second kappa shape index (κ2) is 10.1. The minimum Gasteiger partial charge on any atom is -0.496 e. The van der Waals surface area contributed by atoms with Gasteiger partial charge in [0.25, 0.3) is 0 Å². The number of rotatable bonds is 9. The number of para-hydroxylation sites is 1. The topological polar surface area (TPSA) is 35.5 Å². The lowest BCUT2D eigenvalue weighted by atomic mass is 10.1. The summed E-state index contributed by atoms with van der Waals surface area (Å²) in [4.78, 5) is 14.7. The van der Waals surface area contributed by atoms with E-state index < -0.39 is 0 Å². The molecular formula is C26H26O3S. The molecule has 3 nitrogen and oxygen atoms in total. The minimum absolute atomic E-state index is 0.0174. The molecule has 0 bridgehead atoms. The average molecular weight is 419 g/mol. The van der Waals surface area contributed by atoms with Crippen molar-refractivity contribution in [3.63, 3.8) is 0 Å². The number of aryl methyl sites for hydroxylation is 2. The third-order valence-electron chi connectivity index (χ3n) is 4.76. The first-order chi connectivity index (χ1) is 14.5. The van der Waals surface area contributed by atoms with E-state index in [-0.39, 0.29) is 5.78 Å². The van der Waals surface area contributed by atoms with Gasteiger partial charge in [-0.25, -0.2) is 0 Å². The molecule has 30 heavy (non-hydrogen) atoms. The first-order valence-electron chi connectivity index (χ1n) is 9.79. The number of thiophene rings is 1. The molecule has 0 saturated carbocycles. The van der Waals surface area contributed by atoms with Gasteiger partial charge in [0.2, 0.25) is 0 Å². The van der Waals surface area contributed by atoms with Crippen molar-refractivity contribution in [3.8, 4) is 11.5 Å². The Balaban J connectivity index is 1.77. The molecule has 2 aromatic carbocycles. The van der Waals surface area contributed by atoms with Gasteiger partial charge in [0.1, 0.15) is 18.1 Å². The SMILES string of the molecule is C=CCc1ccccc1OCc1cc(/C=C/C(=O)c2cc(C)sc2C)ccc1OC. The molecule has 0 spiro atoms. The van der Waals surface area contributed by atoms with Crippen LogP contribution in [0.25, 0.3) is 6.08 Å². The highest BCUT2D eigenvalue weighted by atomic mass is 32.1. The van der Waals surface area contributed by atoms with Crippen molar-refractivity contribution in [3.05, 3.63) is 99.3 Å². The van der Waals surface area contributed by atoms with E-state index in [1.165, 1.54) is 0 Å². The van der Waals surface area contributed by atoms with Crippen LogP contribution in [0.4, 0.5) is 0 Å². The molecule has 1 aromatic heterocycles. The van der Waals surface area contributed by atoms with E-state index in [0.29, 0.717) is 6.61 Å². The van der Waals surface area contributed by atoms with Crippen LogP contribution in [0.3, 0.4) is 0 Å². The highest BCUT2D eigenvalue weighted by molar-refractivity contribution is 7.12. The standard InChI is InChI=1S/C26H26O3S/c1-5-8-21-9-6-7-10-26(21)29-17-22-16-20(12-14-25(22)28-4)11-13-24(27)23-15-18(2)30-19(23)3/h5-7,9-16H,1,8,17H2,2-4H3/b13-11+. The maximum absolute atomic E-state index is 12.5. The van der Waals surface area contributed by atoms with Crippen molar-refractivity contribution in [2.45, 2.75) is 26.9 Å². The number of ether oxygens (including phenoxy) is 2. The molecule has 0 atom stereocenters. The normalized spacial score (nSPS) is 10.9. The van der Waals surface area contributed by atoms with E-state index in [1.54, 1.807) is 24.5 Å². The summed E-state index contributed by atoms with van der Waals surface area (Å²) in [5, 5.41) is 0. The Hall–Kier alpha value is -3.11. The molecule has 0 aliphatic rings. The average Bonchev–Trinajstić information content (AvgIpc) is 3.09. The van der Waals surface area contributed by atoms with E-state index in [2.05, 4.69) is 6.58 Å². The number of allylic oxidation sites excluding steroid dienone is 2. The largest absolute Gasteiger partial charge is 0.496 e. The fraction of sp³-hybridized carbons (Fsp3) is 0.192. The molecule has 0 fully saturated rings. The van der Waals surface area contributed by atoms with Gasteiger partial charge < -0.3 is 9.47 Å². The first-order valence-corrected chi connectivity index (χ1v) is 10.6. The number of ketones is 1. The van der Waals surface area contributed by atoms with Crippen molar-refractivity contribution in [1.82, 2.24) is 0 Å². The van der Waals surface area contributed by atoms with E-state index >= 15 is 0 Å². The fourth-order valence-electron chi connectivity index (χ4n) is 3.28. The van der Waals surface area contributed by atoms with Crippen LogP contribution in [0.15, 0.2) is 67.3 Å². The Labute approximate surface area is 182 Å². The van der Waals surface area contributed by atoms with Crippen LogP contribution < -0.4 is 9.47 Å². The Bertz CT molecular complexity index is 1080. The number of benzene rings is 2. The maximum Gasteiger partial charge on any atom is 0.186 e. The van der Waals surface area contributed by atoms with Gasteiger partial charge in [-0.1, -0.05) is 36.4 Å². The molecule has 0 amide bonds. The van der Waals surface area contributed by atoms with Gasteiger partial charge >= 0.3 is 0 Å². The predicted octanol–water partition coefficient (Wildman–Crippen LogP) is 6.58. The third kappa shape index (κ3) is 5.28. The molecule has 3 rings (SSSR count). The maximum atomic E-state index is 12.5. The number of carbonyl (C=O) groups is 1. The van der Waals surface area contributed by atoms with Crippen molar-refractivity contribution in [2.24, 2.45) is 0 Å². The molecule has 0 N–H and O–H groups in total. The molecule has 0 aliphatic carbocycles. The Kier molecular flexibility index (Phi) is 7.26. The van der Waals surface area contributed by atoms with Crippen LogP contribution in [0.5, 0.6) is 11.5 Å². The summed E-state index contributed by atoms with van der Waals surface area (Å²) in [6, 6.07) is 15.7. The smallest absolute Gasteiger partial charge is 0.186 e. The number of carbonyl (C=O) groups excluding carboxylic acids is 1. The molecule has 0 radical (unpaired) electrons. The van der Waals surface area contributed by atoms with Crippen molar-refractivity contribution in [1.29, 1.82) is 0 Å². The van der Waals surface area contributed by atoms with Crippen LogP contribution in [0.1, 0.15) is 36.8 Å². The molecular weight excluding hydrogens is 392 g/mol. The molecule has 0 aliphatic heterocycles. The van der Waals surface area contributed by atoms with Crippen LogP contribution in [0.2, 0.25) is 0 Å². The van der Waals surface area contributed by atoms with Crippen LogP contribution in [0, 0.1) is 13.8 Å². The lowest BCUT2D eigenvalue weighted by molar-refractivity contribution is 0.104. The highest BCUT2D eigenvalue weighted by Crippen LogP contribution is 2.26. The van der Waals surface area contributed by atoms with Crippen LogP contribution >= 0.6 is 11.3 Å². The second-order valence-electron chi connectivity index (χ2n) is 6.98. The summed E-state index contributed by atoms with van der Waals surface area (Å²) in [5.41, 5.74) is 3.70. The number of hydrogen-bond acceptors (Lipinski definition) is 4. The predicted molar refractivity (Wildman–Crippen MR) is 125 cm³/mol. The lowest BCUT2D eigenvalue weighted by Crippen LogP contribution is -2.01. The summed E-state index contributed by atoms with van der Waals surface area (Å²) in [5.74, 6) is 1.60. The minimum atomic E-state index is 0.0174. The molecule has 154 valence electrons. The van der Waals surface area contributed by atoms with Gasteiger partial charge in [-0.2, -0.15) is 0 Å². The summed E-state index contributed by atoms with van der Waals surface area (Å²) in [6.45, 7) is 8.17. The third-order valence-corrected chi connectivity index (χ3v) is 5.72. The summed E-state index contributed by atoms with van der Waals surface area (Å²) in [6.07, 6.45) is 6.07. The van der Waals surface area contributed by atoms with Gasteiger partial charge in [-0.3, -0.25) is 4.79 Å². The molecule has 3 aromatic rings. The molecule has 1 heterocycles. The molecule has 0 saturated heterocycles. The Morgan fingerprint density at radius 2 is 1.87 bits per heavy atom. The quantitative estimate of drug-likeness (QED) is 0.224. The van der Waals surface area contributed by atoms with Gasteiger partial charge in [0.15, 0.2) is 5.78 Å². The Morgan fingerprint density at radius 3 is 2.57 bits per heavy atom.